The van der Waals surface area contributed by atoms with Crippen LogP contribution in [0.25, 0.3) is 0 Å². The number of ether oxygens (including phenoxy) is 1. The molecule has 0 bridgehead atoms. The van der Waals surface area contributed by atoms with Gasteiger partial charge in [-0.3, -0.25) is 4.79 Å². The Kier molecular flexibility index (Phi) is 3.72. The van der Waals surface area contributed by atoms with Crippen LogP contribution in [-0.2, 0) is 4.79 Å². The molecular weight excluding hydrogens is 190 g/mol. The van der Waals surface area contributed by atoms with Crippen LogP contribution in [0.15, 0.2) is 24.3 Å². The maximum atomic E-state index is 10.8. The molecule has 3 nitrogen and oxygen atoms in total. The predicted octanol–water partition coefficient (Wildman–Crippen LogP) is 2.06. The molecule has 0 fully saturated rings. The first-order chi connectivity index (χ1) is 7.00. The number of amides is 1. The molecule has 0 aliphatic carbocycles. The molecule has 0 unspecified atom stereocenters. The largest absolute Gasteiger partial charge is 0.481 e. The lowest BCUT2D eigenvalue weighted by molar-refractivity contribution is -0.123. The summed E-state index contributed by atoms with van der Waals surface area (Å²) in [4.78, 5) is 10.8. The summed E-state index contributed by atoms with van der Waals surface area (Å²) >= 11 is 0. The van der Waals surface area contributed by atoms with Crippen LogP contribution in [-0.4, -0.2) is 12.0 Å². The van der Waals surface area contributed by atoms with E-state index in [4.69, 9.17) is 10.5 Å². The van der Waals surface area contributed by atoms with E-state index in [0.717, 1.165) is 0 Å². The number of rotatable bonds is 4. The molecule has 0 saturated heterocycles. The Morgan fingerprint density at radius 3 is 2.13 bits per heavy atom. The third-order valence-electron chi connectivity index (χ3n) is 2.26. The molecule has 0 aromatic heterocycles. The van der Waals surface area contributed by atoms with Crippen LogP contribution in [0, 0.1) is 0 Å². The van der Waals surface area contributed by atoms with Gasteiger partial charge in [0.05, 0.1) is 0 Å². The van der Waals surface area contributed by atoms with Crippen LogP contribution in [0.5, 0.6) is 5.75 Å². The van der Waals surface area contributed by atoms with E-state index in [1.54, 1.807) is 6.92 Å². The minimum atomic E-state index is -0.588. The summed E-state index contributed by atoms with van der Waals surface area (Å²) in [6, 6.07) is 7.70. The van der Waals surface area contributed by atoms with Gasteiger partial charge in [-0.2, -0.15) is 0 Å². The van der Waals surface area contributed by atoms with Crippen molar-refractivity contribution in [2.24, 2.45) is 5.73 Å². The molecule has 0 aliphatic rings. The second-order valence-corrected chi connectivity index (χ2v) is 3.89. The van der Waals surface area contributed by atoms with Crippen LogP contribution >= 0.6 is 0 Å². The van der Waals surface area contributed by atoms with Gasteiger partial charge in [0.15, 0.2) is 6.10 Å². The maximum Gasteiger partial charge on any atom is 0.258 e. The lowest BCUT2D eigenvalue weighted by Crippen LogP contribution is -2.30. The van der Waals surface area contributed by atoms with Crippen molar-refractivity contribution in [2.75, 3.05) is 0 Å². The van der Waals surface area contributed by atoms with Crippen LogP contribution in [0.3, 0.4) is 0 Å². The third-order valence-corrected chi connectivity index (χ3v) is 2.26. The number of benzene rings is 1. The molecule has 2 N–H and O–H groups in total. The average molecular weight is 207 g/mol. The Labute approximate surface area is 90.2 Å². The number of carbonyl (C=O) groups excluding carboxylic acids is 1. The molecule has 0 saturated carbocycles. The van der Waals surface area contributed by atoms with Crippen molar-refractivity contribution in [1.29, 1.82) is 0 Å². The van der Waals surface area contributed by atoms with E-state index < -0.39 is 12.0 Å². The molecule has 1 amide bonds. The topological polar surface area (TPSA) is 52.3 Å². The van der Waals surface area contributed by atoms with Gasteiger partial charge in [0.25, 0.3) is 5.91 Å². The van der Waals surface area contributed by atoms with Crippen LogP contribution in [0.2, 0.25) is 0 Å². The Morgan fingerprint density at radius 2 is 1.73 bits per heavy atom. The van der Waals surface area contributed by atoms with Crippen LogP contribution in [0.1, 0.15) is 32.3 Å². The summed E-state index contributed by atoms with van der Waals surface area (Å²) < 4.78 is 5.34. The summed E-state index contributed by atoms with van der Waals surface area (Å²) in [5.74, 6) is 0.709. The smallest absolute Gasteiger partial charge is 0.258 e. The zero-order chi connectivity index (χ0) is 11.4. The zero-order valence-electron chi connectivity index (χ0n) is 9.36. The van der Waals surface area contributed by atoms with Gasteiger partial charge in [-0.05, 0) is 30.5 Å². The second-order valence-electron chi connectivity index (χ2n) is 3.89. The molecule has 1 atom stereocenters. The second kappa shape index (κ2) is 4.82. The molecular formula is C12H17NO2. The Bertz CT molecular complexity index is 330. The van der Waals surface area contributed by atoms with Gasteiger partial charge in [-0.1, -0.05) is 26.0 Å². The molecule has 0 spiro atoms. The number of hydrogen-bond acceptors (Lipinski definition) is 2. The monoisotopic (exact) mass is 207 g/mol. The molecule has 1 aromatic carbocycles. The highest BCUT2D eigenvalue weighted by molar-refractivity contribution is 5.78. The van der Waals surface area contributed by atoms with Gasteiger partial charge in [0.2, 0.25) is 0 Å². The van der Waals surface area contributed by atoms with Gasteiger partial charge >= 0.3 is 0 Å². The number of carbonyl (C=O) groups is 1. The summed E-state index contributed by atoms with van der Waals surface area (Å²) in [7, 11) is 0. The van der Waals surface area contributed by atoms with Crippen molar-refractivity contribution in [3.05, 3.63) is 29.8 Å². The van der Waals surface area contributed by atoms with Crippen molar-refractivity contribution in [3.8, 4) is 5.75 Å². The van der Waals surface area contributed by atoms with Gasteiger partial charge in [0, 0.05) is 0 Å². The van der Waals surface area contributed by atoms with Gasteiger partial charge in [-0.15, -0.1) is 0 Å². The lowest BCUT2D eigenvalue weighted by Gasteiger charge is -2.12. The van der Waals surface area contributed by atoms with Crippen molar-refractivity contribution < 1.29 is 9.53 Å². The normalized spacial score (nSPS) is 12.5. The quantitative estimate of drug-likeness (QED) is 0.821. The Morgan fingerprint density at radius 1 is 1.20 bits per heavy atom. The first-order valence-corrected chi connectivity index (χ1v) is 5.06. The molecule has 0 aliphatic heterocycles. The molecule has 82 valence electrons. The van der Waals surface area contributed by atoms with E-state index in [2.05, 4.69) is 13.8 Å². The summed E-state index contributed by atoms with van der Waals surface area (Å²) in [6.07, 6.45) is -0.588. The predicted molar refractivity (Wildman–Crippen MR) is 59.8 cm³/mol. The van der Waals surface area contributed by atoms with E-state index in [1.807, 2.05) is 24.3 Å². The number of hydrogen-bond donors (Lipinski definition) is 1. The molecule has 1 rings (SSSR count). The van der Waals surface area contributed by atoms with Gasteiger partial charge in [0.1, 0.15) is 5.75 Å². The molecule has 15 heavy (non-hydrogen) atoms. The maximum absolute atomic E-state index is 10.8. The summed E-state index contributed by atoms with van der Waals surface area (Å²) in [5, 5.41) is 0. The highest BCUT2D eigenvalue weighted by atomic mass is 16.5. The number of primary amides is 1. The van der Waals surface area contributed by atoms with Gasteiger partial charge in [-0.25, -0.2) is 0 Å². The fourth-order valence-electron chi connectivity index (χ4n) is 1.19. The highest BCUT2D eigenvalue weighted by Crippen LogP contribution is 2.19. The van der Waals surface area contributed by atoms with Crippen LogP contribution in [0.4, 0.5) is 0 Å². The average Bonchev–Trinajstić information content (AvgIpc) is 2.18. The van der Waals surface area contributed by atoms with Gasteiger partial charge < -0.3 is 10.5 Å². The van der Waals surface area contributed by atoms with Crippen molar-refractivity contribution in [1.82, 2.24) is 0 Å². The van der Waals surface area contributed by atoms with Crippen molar-refractivity contribution in [2.45, 2.75) is 32.8 Å². The van der Waals surface area contributed by atoms with Crippen LogP contribution < -0.4 is 10.5 Å². The van der Waals surface area contributed by atoms with E-state index in [9.17, 15) is 4.79 Å². The summed E-state index contributed by atoms with van der Waals surface area (Å²) in [6.45, 7) is 5.89. The third kappa shape index (κ3) is 3.27. The lowest BCUT2D eigenvalue weighted by atomic mass is 10.0. The van der Waals surface area contributed by atoms with E-state index >= 15 is 0 Å². The minimum Gasteiger partial charge on any atom is -0.481 e. The Balaban J connectivity index is 2.68. The summed E-state index contributed by atoms with van der Waals surface area (Å²) in [5.41, 5.74) is 6.34. The zero-order valence-corrected chi connectivity index (χ0v) is 9.36. The first kappa shape index (κ1) is 11.6. The fraction of sp³-hybridized carbons (Fsp3) is 0.417. The SMILES string of the molecule is CC(C)c1ccc(O[C@H](C)C(N)=O)cc1. The highest BCUT2D eigenvalue weighted by Gasteiger charge is 2.09. The molecule has 1 aromatic rings. The molecule has 0 radical (unpaired) electrons. The first-order valence-electron chi connectivity index (χ1n) is 5.06. The van der Waals surface area contributed by atoms with E-state index in [0.29, 0.717) is 11.7 Å². The fourth-order valence-corrected chi connectivity index (χ4v) is 1.19. The standard InChI is InChI=1S/C12H17NO2/c1-8(2)10-4-6-11(7-5-10)15-9(3)12(13)14/h4-9H,1-3H3,(H2,13,14)/t9-/m1/s1. The van der Waals surface area contributed by atoms with Crippen molar-refractivity contribution >= 4 is 5.91 Å². The molecule has 3 heteroatoms. The number of nitrogens with two attached hydrogens (primary N) is 1. The Hall–Kier alpha value is -1.51. The van der Waals surface area contributed by atoms with E-state index in [1.165, 1.54) is 5.56 Å². The van der Waals surface area contributed by atoms with E-state index in [-0.39, 0.29) is 0 Å². The minimum absolute atomic E-state index is 0.456. The van der Waals surface area contributed by atoms with Crippen molar-refractivity contribution in [3.63, 3.8) is 0 Å². The molecule has 0 heterocycles.